The third-order valence-corrected chi connectivity index (χ3v) is 12.6. The largest absolute Gasteiger partial charge is 0.309 e. The fourth-order valence-corrected chi connectivity index (χ4v) is 10.0. The van der Waals surface area contributed by atoms with Gasteiger partial charge in [-0.05, 0) is 94.4 Å². The van der Waals surface area contributed by atoms with E-state index in [2.05, 4.69) is 203 Å². The van der Waals surface area contributed by atoms with Crippen LogP contribution >= 0.6 is 11.3 Å². The van der Waals surface area contributed by atoms with Gasteiger partial charge in [0, 0.05) is 52.8 Å². The Bertz CT molecular complexity index is 3490. The average Bonchev–Trinajstić information content (AvgIpc) is 3.90. The first-order valence-electron chi connectivity index (χ1n) is 18.8. The SMILES string of the molecule is c1ccc(-n2c3ccccc3c3ccc(-c4ccc5c6ccccc6n(-c6cc(-c7ccc8sc9ccccc9c8c7)cc7ccccc67)c5c4)cc32)cc1. The summed E-state index contributed by atoms with van der Waals surface area (Å²) in [6.07, 6.45) is 0. The van der Waals surface area contributed by atoms with Crippen LogP contribution in [-0.2, 0) is 0 Å². The predicted molar refractivity (Wildman–Crippen MR) is 236 cm³/mol. The highest BCUT2D eigenvalue weighted by Crippen LogP contribution is 2.42. The molecule has 0 amide bonds. The minimum atomic E-state index is 1.17. The maximum atomic E-state index is 2.50. The maximum absolute atomic E-state index is 2.50. The van der Waals surface area contributed by atoms with E-state index in [0.29, 0.717) is 0 Å². The molecule has 2 nitrogen and oxygen atoms in total. The lowest BCUT2D eigenvalue weighted by Crippen LogP contribution is -1.97. The van der Waals surface area contributed by atoms with Crippen molar-refractivity contribution in [2.24, 2.45) is 0 Å². The number of benzene rings is 9. The third-order valence-electron chi connectivity index (χ3n) is 11.5. The Labute approximate surface area is 321 Å². The standard InChI is InChI=1S/C52H32N2S/c1-2-13-38(14-3-1)53-46-19-9-6-16-40(46)42-25-22-34(30-49(42)53)35-23-26-43-41-17-7-10-20-47(41)54(50(43)31-35)48-32-37(28-36-12-4-5-15-39(36)48)33-24-27-52-45(29-33)44-18-8-11-21-51(44)55-52/h1-32H. The molecule has 55 heavy (non-hydrogen) atoms. The molecule has 9 aromatic carbocycles. The van der Waals surface area contributed by atoms with Crippen molar-refractivity contribution in [3.63, 3.8) is 0 Å². The molecule has 0 atom stereocenters. The highest BCUT2D eigenvalue weighted by atomic mass is 32.1. The summed E-state index contributed by atoms with van der Waals surface area (Å²) < 4.78 is 7.55. The molecule has 0 unspecified atom stereocenters. The molecule has 0 N–H and O–H groups in total. The minimum Gasteiger partial charge on any atom is -0.309 e. The lowest BCUT2D eigenvalue weighted by molar-refractivity contribution is 1.18. The minimum absolute atomic E-state index is 1.17. The van der Waals surface area contributed by atoms with Crippen LogP contribution in [0.1, 0.15) is 0 Å². The second-order valence-electron chi connectivity index (χ2n) is 14.5. The molecular formula is C52H32N2S. The van der Waals surface area contributed by atoms with Crippen LogP contribution < -0.4 is 0 Å². The smallest absolute Gasteiger partial charge is 0.0547 e. The highest BCUT2D eigenvalue weighted by Gasteiger charge is 2.18. The molecule has 12 rings (SSSR count). The summed E-state index contributed by atoms with van der Waals surface area (Å²) in [5.74, 6) is 0. The van der Waals surface area contributed by atoms with E-state index >= 15 is 0 Å². The maximum Gasteiger partial charge on any atom is 0.0547 e. The summed E-state index contributed by atoms with van der Waals surface area (Å²) in [7, 11) is 0. The van der Waals surface area contributed by atoms with E-state index in [1.54, 1.807) is 0 Å². The van der Waals surface area contributed by atoms with Gasteiger partial charge in [0.2, 0.25) is 0 Å². The number of fused-ring (bicyclic) bond motifs is 10. The van der Waals surface area contributed by atoms with Crippen LogP contribution in [0.4, 0.5) is 0 Å². The van der Waals surface area contributed by atoms with Gasteiger partial charge >= 0.3 is 0 Å². The molecule has 256 valence electrons. The molecule has 0 fully saturated rings. The van der Waals surface area contributed by atoms with Crippen LogP contribution in [0.2, 0.25) is 0 Å². The van der Waals surface area contributed by atoms with Gasteiger partial charge in [-0.3, -0.25) is 0 Å². The van der Waals surface area contributed by atoms with Crippen LogP contribution in [0.25, 0.3) is 108 Å². The van der Waals surface area contributed by atoms with E-state index in [1.807, 2.05) is 11.3 Å². The summed E-state index contributed by atoms with van der Waals surface area (Å²) in [6.45, 7) is 0. The quantitative estimate of drug-likeness (QED) is 0.172. The molecule has 0 aliphatic carbocycles. The number of aromatic nitrogens is 2. The Balaban J connectivity index is 1.10. The Morgan fingerprint density at radius 2 is 0.818 bits per heavy atom. The van der Waals surface area contributed by atoms with E-state index in [9.17, 15) is 0 Å². The molecule has 3 aromatic heterocycles. The Morgan fingerprint density at radius 3 is 1.56 bits per heavy atom. The van der Waals surface area contributed by atoms with Gasteiger partial charge in [0.15, 0.2) is 0 Å². The van der Waals surface area contributed by atoms with Crippen LogP contribution in [0.15, 0.2) is 194 Å². The summed E-state index contributed by atoms with van der Waals surface area (Å²) in [4.78, 5) is 0. The summed E-state index contributed by atoms with van der Waals surface area (Å²) >= 11 is 1.87. The summed E-state index contributed by atoms with van der Waals surface area (Å²) in [5.41, 5.74) is 12.0. The monoisotopic (exact) mass is 716 g/mol. The summed E-state index contributed by atoms with van der Waals surface area (Å²) in [5, 5.41) is 10.1. The molecular weight excluding hydrogens is 685 g/mol. The normalized spacial score (nSPS) is 12.0. The average molecular weight is 717 g/mol. The van der Waals surface area contributed by atoms with E-state index in [1.165, 1.54) is 108 Å². The van der Waals surface area contributed by atoms with Gasteiger partial charge < -0.3 is 9.13 Å². The van der Waals surface area contributed by atoms with Gasteiger partial charge in [-0.2, -0.15) is 0 Å². The van der Waals surface area contributed by atoms with Crippen LogP contribution in [0.5, 0.6) is 0 Å². The molecule has 0 aliphatic heterocycles. The molecule has 0 radical (unpaired) electrons. The van der Waals surface area contributed by atoms with Gasteiger partial charge in [0.1, 0.15) is 0 Å². The molecule has 0 saturated heterocycles. The molecule has 0 aliphatic rings. The number of hydrogen-bond donors (Lipinski definition) is 0. The first kappa shape index (κ1) is 30.5. The van der Waals surface area contributed by atoms with Crippen molar-refractivity contribution in [1.29, 1.82) is 0 Å². The third kappa shape index (κ3) is 4.60. The lowest BCUT2D eigenvalue weighted by Gasteiger charge is -2.15. The molecule has 3 heterocycles. The second kappa shape index (κ2) is 11.8. The van der Waals surface area contributed by atoms with Crippen LogP contribution in [0, 0.1) is 0 Å². The molecule has 0 saturated carbocycles. The van der Waals surface area contributed by atoms with Gasteiger partial charge in [0.25, 0.3) is 0 Å². The van der Waals surface area contributed by atoms with E-state index in [0.717, 1.165) is 0 Å². The Kier molecular flexibility index (Phi) is 6.54. The highest BCUT2D eigenvalue weighted by molar-refractivity contribution is 7.25. The van der Waals surface area contributed by atoms with Crippen molar-refractivity contribution in [3.8, 4) is 33.6 Å². The van der Waals surface area contributed by atoms with Crippen molar-refractivity contribution in [1.82, 2.24) is 9.13 Å². The van der Waals surface area contributed by atoms with Crippen molar-refractivity contribution < 1.29 is 0 Å². The molecule has 3 heteroatoms. The zero-order chi connectivity index (χ0) is 36.0. The van der Waals surface area contributed by atoms with Crippen molar-refractivity contribution in [2.45, 2.75) is 0 Å². The fourth-order valence-electron chi connectivity index (χ4n) is 8.96. The number of rotatable bonds is 4. The first-order valence-corrected chi connectivity index (χ1v) is 19.7. The number of para-hydroxylation sites is 3. The van der Waals surface area contributed by atoms with Crippen molar-refractivity contribution >= 4 is 85.9 Å². The van der Waals surface area contributed by atoms with Crippen LogP contribution in [0.3, 0.4) is 0 Å². The number of nitrogens with zero attached hydrogens (tertiary/aromatic N) is 2. The Hall–Kier alpha value is -6.94. The van der Waals surface area contributed by atoms with Gasteiger partial charge in [-0.15, -0.1) is 11.3 Å². The van der Waals surface area contributed by atoms with Gasteiger partial charge in [-0.25, -0.2) is 0 Å². The van der Waals surface area contributed by atoms with E-state index in [4.69, 9.17) is 0 Å². The summed E-state index contributed by atoms with van der Waals surface area (Å²) in [6, 6.07) is 71.6. The zero-order valence-corrected chi connectivity index (χ0v) is 30.6. The zero-order valence-electron chi connectivity index (χ0n) is 29.8. The predicted octanol–water partition coefficient (Wildman–Crippen LogP) is 14.7. The molecule has 0 spiro atoms. The molecule has 12 aromatic rings. The Morgan fingerprint density at radius 1 is 0.291 bits per heavy atom. The van der Waals surface area contributed by atoms with Crippen molar-refractivity contribution in [2.75, 3.05) is 0 Å². The van der Waals surface area contributed by atoms with Crippen molar-refractivity contribution in [3.05, 3.63) is 194 Å². The van der Waals surface area contributed by atoms with Crippen LogP contribution in [-0.4, -0.2) is 9.13 Å². The lowest BCUT2D eigenvalue weighted by atomic mass is 9.98. The second-order valence-corrected chi connectivity index (χ2v) is 15.6. The fraction of sp³-hybridized carbons (Fsp3) is 0. The van der Waals surface area contributed by atoms with E-state index < -0.39 is 0 Å². The van der Waals surface area contributed by atoms with Gasteiger partial charge in [0.05, 0.1) is 27.8 Å². The van der Waals surface area contributed by atoms with E-state index in [-0.39, 0.29) is 0 Å². The van der Waals surface area contributed by atoms with Gasteiger partial charge in [-0.1, -0.05) is 127 Å². The number of hydrogen-bond acceptors (Lipinski definition) is 1. The topological polar surface area (TPSA) is 9.86 Å². The first-order chi connectivity index (χ1) is 27.3. The number of thiophene rings is 1. The molecule has 0 bridgehead atoms.